The summed E-state index contributed by atoms with van der Waals surface area (Å²) in [5.41, 5.74) is 3.02. The number of carbonyl (C=O) groups excluding carboxylic acids is 1. The predicted molar refractivity (Wildman–Crippen MR) is 100 cm³/mol. The fourth-order valence-electron chi connectivity index (χ4n) is 2.38. The van der Waals surface area contributed by atoms with E-state index in [1.54, 1.807) is 19.1 Å². The first-order valence-electron chi connectivity index (χ1n) is 8.15. The molecule has 0 aliphatic carbocycles. The van der Waals surface area contributed by atoms with Gasteiger partial charge >= 0.3 is 0 Å². The number of aryl methyl sites for hydroxylation is 1. The van der Waals surface area contributed by atoms with Crippen LogP contribution < -0.4 is 14.8 Å². The summed E-state index contributed by atoms with van der Waals surface area (Å²) in [5, 5.41) is 7.29. The van der Waals surface area contributed by atoms with E-state index in [0.29, 0.717) is 41.1 Å². The van der Waals surface area contributed by atoms with E-state index in [4.69, 9.17) is 25.9 Å². The Morgan fingerprint density at radius 1 is 1.19 bits per heavy atom. The van der Waals surface area contributed by atoms with Gasteiger partial charge in [-0.15, -0.1) is 0 Å². The fourth-order valence-corrected chi connectivity index (χ4v) is 2.56. The zero-order valence-electron chi connectivity index (χ0n) is 14.5. The van der Waals surface area contributed by atoms with Crippen molar-refractivity contribution in [3.8, 4) is 11.5 Å². The van der Waals surface area contributed by atoms with E-state index >= 15 is 0 Å². The van der Waals surface area contributed by atoms with Crippen LogP contribution in [-0.4, -0.2) is 31.4 Å². The number of nitrogens with zero attached hydrogens (tertiary/aromatic N) is 1. The molecular formula is C19H19ClN2O4. The average molecular weight is 375 g/mol. The second-order valence-corrected chi connectivity index (χ2v) is 6.23. The number of anilines is 1. The first-order valence-corrected chi connectivity index (χ1v) is 8.53. The lowest BCUT2D eigenvalue weighted by molar-refractivity contribution is -0.120. The molecule has 0 bridgehead atoms. The van der Waals surface area contributed by atoms with Crippen molar-refractivity contribution in [2.24, 2.45) is 5.16 Å². The van der Waals surface area contributed by atoms with Crippen LogP contribution in [0.2, 0.25) is 5.02 Å². The normalized spacial score (nSPS) is 13.3. The molecule has 1 aliphatic rings. The molecule has 0 fully saturated rings. The minimum absolute atomic E-state index is 0.201. The number of hydrogen-bond acceptors (Lipinski definition) is 5. The van der Waals surface area contributed by atoms with E-state index in [2.05, 4.69) is 10.5 Å². The highest BCUT2D eigenvalue weighted by Crippen LogP contribution is 2.30. The number of ether oxygens (including phenoxy) is 2. The summed E-state index contributed by atoms with van der Waals surface area (Å²) < 4.78 is 11.0. The summed E-state index contributed by atoms with van der Waals surface area (Å²) in [6.45, 7) is 4.55. The number of rotatable bonds is 5. The third kappa shape index (κ3) is 4.46. The van der Waals surface area contributed by atoms with Crippen molar-refractivity contribution in [3.63, 3.8) is 0 Å². The van der Waals surface area contributed by atoms with Gasteiger partial charge in [0.2, 0.25) is 0 Å². The molecular weight excluding hydrogens is 356 g/mol. The molecule has 6 nitrogen and oxygen atoms in total. The SMILES string of the molecule is C/C(=N\OCC(=O)Nc1ccc(C)c(Cl)c1)c1ccc2c(c1)OCCO2. The number of amides is 1. The van der Waals surface area contributed by atoms with E-state index in [0.717, 1.165) is 11.1 Å². The summed E-state index contributed by atoms with van der Waals surface area (Å²) >= 11 is 6.04. The number of carbonyl (C=O) groups is 1. The van der Waals surface area contributed by atoms with E-state index in [1.807, 2.05) is 31.2 Å². The molecule has 2 aromatic carbocycles. The van der Waals surface area contributed by atoms with Crippen LogP contribution in [0, 0.1) is 6.92 Å². The van der Waals surface area contributed by atoms with E-state index in [9.17, 15) is 4.79 Å². The Kier molecular flexibility index (Phi) is 5.63. The largest absolute Gasteiger partial charge is 0.486 e. The Bertz CT molecular complexity index is 851. The fraction of sp³-hybridized carbons (Fsp3) is 0.263. The molecule has 0 unspecified atom stereocenters. The number of nitrogens with one attached hydrogen (secondary N) is 1. The maximum atomic E-state index is 11.9. The minimum Gasteiger partial charge on any atom is -0.486 e. The number of oxime groups is 1. The zero-order chi connectivity index (χ0) is 18.5. The molecule has 1 amide bonds. The van der Waals surface area contributed by atoms with Crippen molar-refractivity contribution < 1.29 is 19.1 Å². The van der Waals surface area contributed by atoms with Crippen molar-refractivity contribution in [1.29, 1.82) is 0 Å². The average Bonchev–Trinajstić information content (AvgIpc) is 2.64. The van der Waals surface area contributed by atoms with Crippen LogP contribution in [-0.2, 0) is 9.63 Å². The highest BCUT2D eigenvalue weighted by Gasteiger charge is 2.13. The van der Waals surface area contributed by atoms with E-state index in [1.165, 1.54) is 0 Å². The number of fused-ring (bicyclic) bond motifs is 1. The van der Waals surface area contributed by atoms with Gasteiger partial charge in [0.1, 0.15) is 13.2 Å². The first kappa shape index (κ1) is 18.1. The Balaban J connectivity index is 1.55. The lowest BCUT2D eigenvalue weighted by Crippen LogP contribution is -2.17. The van der Waals surface area contributed by atoms with Gasteiger partial charge in [0.05, 0.1) is 5.71 Å². The van der Waals surface area contributed by atoms with Crippen LogP contribution in [0.15, 0.2) is 41.6 Å². The molecule has 0 aromatic heterocycles. The summed E-state index contributed by atoms with van der Waals surface area (Å²) in [6, 6.07) is 10.8. The van der Waals surface area contributed by atoms with Gasteiger partial charge in [-0.05, 0) is 49.7 Å². The second-order valence-electron chi connectivity index (χ2n) is 5.82. The van der Waals surface area contributed by atoms with Crippen LogP contribution in [0.5, 0.6) is 11.5 Å². The van der Waals surface area contributed by atoms with Gasteiger partial charge in [0.25, 0.3) is 5.91 Å². The third-order valence-corrected chi connectivity index (χ3v) is 4.22. The number of halogens is 1. The lowest BCUT2D eigenvalue weighted by Gasteiger charge is -2.18. The van der Waals surface area contributed by atoms with Gasteiger partial charge in [0, 0.05) is 16.3 Å². The maximum Gasteiger partial charge on any atom is 0.265 e. The van der Waals surface area contributed by atoms with E-state index in [-0.39, 0.29) is 12.5 Å². The van der Waals surface area contributed by atoms with Crippen LogP contribution in [0.4, 0.5) is 5.69 Å². The minimum atomic E-state index is -0.316. The molecule has 3 rings (SSSR count). The molecule has 1 heterocycles. The molecule has 0 atom stereocenters. The summed E-state index contributed by atoms with van der Waals surface area (Å²) in [6.07, 6.45) is 0. The van der Waals surface area contributed by atoms with Crippen molar-refractivity contribution >= 4 is 28.9 Å². The standard InChI is InChI=1S/C19H19ClN2O4/c1-12-3-5-15(10-16(12)20)21-19(23)11-26-22-13(2)14-4-6-17-18(9-14)25-8-7-24-17/h3-6,9-10H,7-8,11H2,1-2H3,(H,21,23)/b22-13+. The lowest BCUT2D eigenvalue weighted by atomic mass is 10.1. The second kappa shape index (κ2) is 8.10. The Hall–Kier alpha value is -2.73. The topological polar surface area (TPSA) is 69.2 Å². The van der Waals surface area contributed by atoms with Crippen LogP contribution in [0.1, 0.15) is 18.1 Å². The molecule has 2 aromatic rings. The Labute approximate surface area is 156 Å². The van der Waals surface area contributed by atoms with Crippen molar-refractivity contribution in [3.05, 3.63) is 52.5 Å². The molecule has 136 valence electrons. The molecule has 7 heteroatoms. The van der Waals surface area contributed by atoms with Gasteiger partial charge in [-0.2, -0.15) is 0 Å². The predicted octanol–water partition coefficient (Wildman–Crippen LogP) is 3.80. The molecule has 0 spiro atoms. The molecule has 1 N–H and O–H groups in total. The summed E-state index contributed by atoms with van der Waals surface area (Å²) in [5.74, 6) is 1.07. The smallest absolute Gasteiger partial charge is 0.265 e. The maximum absolute atomic E-state index is 11.9. The Morgan fingerprint density at radius 3 is 2.73 bits per heavy atom. The number of hydrogen-bond donors (Lipinski definition) is 1. The van der Waals surface area contributed by atoms with Gasteiger partial charge < -0.3 is 19.6 Å². The quantitative estimate of drug-likeness (QED) is 0.638. The van der Waals surface area contributed by atoms with Gasteiger partial charge in [0.15, 0.2) is 18.1 Å². The molecule has 0 saturated carbocycles. The van der Waals surface area contributed by atoms with Gasteiger partial charge in [-0.25, -0.2) is 0 Å². The highest BCUT2D eigenvalue weighted by atomic mass is 35.5. The summed E-state index contributed by atoms with van der Waals surface area (Å²) in [7, 11) is 0. The molecule has 0 radical (unpaired) electrons. The van der Waals surface area contributed by atoms with Crippen molar-refractivity contribution in [2.45, 2.75) is 13.8 Å². The van der Waals surface area contributed by atoms with Gasteiger partial charge in [-0.1, -0.05) is 22.8 Å². The molecule has 1 aliphatic heterocycles. The van der Waals surface area contributed by atoms with Crippen LogP contribution in [0.25, 0.3) is 0 Å². The number of benzene rings is 2. The van der Waals surface area contributed by atoms with Crippen LogP contribution >= 0.6 is 11.6 Å². The monoisotopic (exact) mass is 374 g/mol. The zero-order valence-corrected chi connectivity index (χ0v) is 15.3. The highest BCUT2D eigenvalue weighted by molar-refractivity contribution is 6.31. The van der Waals surface area contributed by atoms with Crippen molar-refractivity contribution in [1.82, 2.24) is 0 Å². The van der Waals surface area contributed by atoms with E-state index < -0.39 is 0 Å². The molecule has 0 saturated heterocycles. The van der Waals surface area contributed by atoms with Crippen molar-refractivity contribution in [2.75, 3.05) is 25.1 Å². The third-order valence-electron chi connectivity index (χ3n) is 3.81. The first-order chi connectivity index (χ1) is 12.5. The summed E-state index contributed by atoms with van der Waals surface area (Å²) in [4.78, 5) is 17.1. The van der Waals surface area contributed by atoms with Crippen LogP contribution in [0.3, 0.4) is 0 Å². The Morgan fingerprint density at radius 2 is 1.96 bits per heavy atom. The van der Waals surface area contributed by atoms with Gasteiger partial charge in [-0.3, -0.25) is 4.79 Å². The molecule has 26 heavy (non-hydrogen) atoms.